The zero-order valence-corrected chi connectivity index (χ0v) is 24.5. The Morgan fingerprint density at radius 3 is 2.51 bits per heavy atom. The first-order chi connectivity index (χ1) is 18.9. The largest absolute Gasteiger partial charge is 0.486 e. The summed E-state index contributed by atoms with van der Waals surface area (Å²) in [6, 6.07) is 3.91. The van der Waals surface area contributed by atoms with Gasteiger partial charge in [0.05, 0.1) is 37.6 Å². The highest BCUT2D eigenvalue weighted by Gasteiger charge is 2.51. The van der Waals surface area contributed by atoms with Crippen LogP contribution >= 0.6 is 0 Å². The van der Waals surface area contributed by atoms with Crippen LogP contribution < -0.4 is 19.1 Å². The van der Waals surface area contributed by atoms with E-state index in [0.717, 1.165) is 4.31 Å². The zero-order chi connectivity index (χ0) is 30.9. The summed E-state index contributed by atoms with van der Waals surface area (Å²) in [5, 5.41) is 6.30. The second-order valence-electron chi connectivity index (χ2n) is 9.92. The quantitative estimate of drug-likeness (QED) is 0.417. The number of carbonyl (C=O) groups is 2. The van der Waals surface area contributed by atoms with Crippen molar-refractivity contribution >= 4 is 33.5 Å². The lowest BCUT2D eigenvalue weighted by atomic mass is 10.0. The van der Waals surface area contributed by atoms with Crippen molar-refractivity contribution in [1.82, 2.24) is 9.78 Å². The minimum atomic E-state index is -4.82. The maximum absolute atomic E-state index is 14.1. The predicted molar refractivity (Wildman–Crippen MR) is 141 cm³/mol. The molecule has 2 atom stereocenters. The average molecular weight is 607 g/mol. The molecule has 0 spiro atoms. The molecule has 2 heterocycles. The predicted octanol–water partition coefficient (Wildman–Crippen LogP) is 4.17. The van der Waals surface area contributed by atoms with Crippen LogP contribution in [0.4, 0.5) is 29.3 Å². The second kappa shape index (κ2) is 11.7. The number of ether oxygens (including phenoxy) is 4. The number of fused-ring (bicyclic) bond motifs is 1. The number of aromatic nitrogens is 2. The van der Waals surface area contributed by atoms with Crippen LogP contribution in [0.2, 0.25) is 0 Å². The fourth-order valence-electron chi connectivity index (χ4n) is 4.05. The van der Waals surface area contributed by atoms with Gasteiger partial charge in [-0.15, -0.1) is 5.10 Å². The topological polar surface area (TPSA) is 138 Å². The maximum Gasteiger partial charge on any atom is 0.427 e. The van der Waals surface area contributed by atoms with Crippen molar-refractivity contribution in [2.24, 2.45) is 13.0 Å². The van der Waals surface area contributed by atoms with E-state index < -0.39 is 45.9 Å². The third-order valence-electron chi connectivity index (χ3n) is 6.46. The molecule has 0 radical (unpaired) electrons. The van der Waals surface area contributed by atoms with E-state index in [1.165, 1.54) is 30.0 Å². The van der Waals surface area contributed by atoms with Crippen LogP contribution in [0, 0.1) is 12.8 Å². The Balaban J connectivity index is 2.03. The Morgan fingerprint density at radius 2 is 1.93 bits per heavy atom. The van der Waals surface area contributed by atoms with E-state index in [-0.39, 0.29) is 53.2 Å². The molecule has 0 bridgehead atoms. The van der Waals surface area contributed by atoms with Crippen LogP contribution in [0.1, 0.15) is 39.8 Å². The van der Waals surface area contributed by atoms with Gasteiger partial charge >= 0.3 is 18.2 Å². The monoisotopic (exact) mass is 606 g/mol. The number of methoxy groups -OCH3 is 1. The van der Waals surface area contributed by atoms with E-state index in [4.69, 9.17) is 14.2 Å². The second-order valence-corrected chi connectivity index (χ2v) is 11.7. The Morgan fingerprint density at radius 1 is 1.27 bits per heavy atom. The van der Waals surface area contributed by atoms with Gasteiger partial charge in [0.25, 0.3) is 15.9 Å². The van der Waals surface area contributed by atoms with E-state index >= 15 is 0 Å². The van der Waals surface area contributed by atoms with Crippen LogP contribution in [-0.2, 0) is 31.3 Å². The molecule has 0 fully saturated rings. The average Bonchev–Trinajstić information content (AvgIpc) is 3.16. The summed E-state index contributed by atoms with van der Waals surface area (Å²) in [5.74, 6) is -1.15. The van der Waals surface area contributed by atoms with Crippen LogP contribution in [0.3, 0.4) is 0 Å². The first kappa shape index (κ1) is 31.8. The standard InChI is InChI=1S/C25H33F3N4O8S/c1-8-38-22(33)14(2)11-17-13-32(41(35,36)20-15(3)31(6)30-21(20)37-7)18-12-16(9-10-19(18)39-17)29-23(34)40-24(4,5)25(26,27)28/h9-10,12,14,17H,8,11,13H2,1-7H3,(H,29,34). The Labute approximate surface area is 235 Å². The number of rotatable bonds is 9. The van der Waals surface area contributed by atoms with Crippen molar-refractivity contribution in [2.75, 3.05) is 29.9 Å². The molecule has 228 valence electrons. The minimum absolute atomic E-state index is 0.0109. The van der Waals surface area contributed by atoms with Gasteiger partial charge in [-0.2, -0.15) is 13.2 Å². The lowest BCUT2D eigenvalue weighted by Gasteiger charge is -2.36. The van der Waals surface area contributed by atoms with Gasteiger partial charge < -0.3 is 18.9 Å². The molecule has 1 aromatic carbocycles. The summed E-state index contributed by atoms with van der Waals surface area (Å²) >= 11 is 0. The fraction of sp³-hybridized carbons (Fsp3) is 0.560. The van der Waals surface area contributed by atoms with Crippen molar-refractivity contribution in [3.05, 3.63) is 23.9 Å². The van der Waals surface area contributed by atoms with Crippen molar-refractivity contribution in [3.8, 4) is 11.6 Å². The van der Waals surface area contributed by atoms with Crippen molar-refractivity contribution < 1.29 is 50.1 Å². The van der Waals surface area contributed by atoms with Crippen molar-refractivity contribution in [2.45, 2.75) is 63.8 Å². The molecular weight excluding hydrogens is 573 g/mol. The van der Waals surface area contributed by atoms with Gasteiger partial charge in [0.2, 0.25) is 5.60 Å². The molecule has 1 aromatic heterocycles. The van der Waals surface area contributed by atoms with Crippen molar-refractivity contribution in [1.29, 1.82) is 0 Å². The normalized spacial score (nSPS) is 16.3. The van der Waals surface area contributed by atoms with E-state index in [1.807, 2.05) is 0 Å². The number of nitrogens with one attached hydrogen (secondary N) is 1. The Kier molecular flexibility index (Phi) is 9.05. The lowest BCUT2D eigenvalue weighted by molar-refractivity contribution is -0.242. The fourth-order valence-corrected chi connectivity index (χ4v) is 5.88. The highest BCUT2D eigenvalue weighted by Crippen LogP contribution is 2.42. The first-order valence-corrected chi connectivity index (χ1v) is 14.0. The molecule has 1 N–H and O–H groups in total. The summed E-state index contributed by atoms with van der Waals surface area (Å²) in [5.41, 5.74) is -2.56. The van der Waals surface area contributed by atoms with E-state index in [9.17, 15) is 31.2 Å². The molecule has 3 rings (SSSR count). The number of anilines is 2. The number of aryl methyl sites for hydroxylation is 1. The SMILES string of the molecule is CCOC(=O)C(C)CC1CN(S(=O)(=O)c2c(OC)nn(C)c2C)c2cc(NC(=O)OC(C)(C)C(F)(F)F)ccc2O1. The zero-order valence-electron chi connectivity index (χ0n) is 23.7. The number of carbonyl (C=O) groups excluding carboxylic acids is 2. The highest BCUT2D eigenvalue weighted by atomic mass is 32.2. The van der Waals surface area contributed by atoms with E-state index in [0.29, 0.717) is 13.8 Å². The van der Waals surface area contributed by atoms with Gasteiger partial charge in [0.1, 0.15) is 11.9 Å². The molecule has 41 heavy (non-hydrogen) atoms. The molecular formula is C25H33F3N4O8S. The number of alkyl halides is 3. The van der Waals surface area contributed by atoms with Crippen molar-refractivity contribution in [3.63, 3.8) is 0 Å². The van der Waals surface area contributed by atoms with E-state index in [1.54, 1.807) is 27.8 Å². The smallest absolute Gasteiger partial charge is 0.427 e. The maximum atomic E-state index is 14.1. The molecule has 0 aliphatic carbocycles. The van der Waals surface area contributed by atoms with Gasteiger partial charge in [-0.1, -0.05) is 6.92 Å². The van der Waals surface area contributed by atoms with Gasteiger partial charge in [-0.05, 0) is 52.3 Å². The molecule has 12 nitrogen and oxygen atoms in total. The molecule has 1 amide bonds. The minimum Gasteiger partial charge on any atom is -0.486 e. The molecule has 1 aliphatic rings. The number of hydrogen-bond donors (Lipinski definition) is 1. The number of hydrogen-bond acceptors (Lipinski definition) is 9. The third-order valence-corrected chi connectivity index (χ3v) is 8.38. The summed E-state index contributed by atoms with van der Waals surface area (Å²) in [4.78, 5) is 24.3. The Bertz CT molecular complexity index is 1410. The van der Waals surface area contributed by atoms with Gasteiger partial charge in [0, 0.05) is 12.7 Å². The number of esters is 1. The van der Waals surface area contributed by atoms with Crippen LogP contribution in [0.25, 0.3) is 0 Å². The molecule has 2 aromatic rings. The molecule has 1 aliphatic heterocycles. The molecule has 16 heteroatoms. The Hall–Kier alpha value is -3.69. The molecule has 2 unspecified atom stereocenters. The first-order valence-electron chi connectivity index (χ1n) is 12.6. The van der Waals surface area contributed by atoms with Gasteiger partial charge in [-0.25, -0.2) is 13.2 Å². The van der Waals surface area contributed by atoms with Gasteiger partial charge in [0.15, 0.2) is 4.90 Å². The number of benzene rings is 1. The number of amides is 1. The number of halogens is 3. The van der Waals surface area contributed by atoms with E-state index in [2.05, 4.69) is 15.2 Å². The number of nitrogens with zero attached hydrogens (tertiary/aromatic N) is 3. The van der Waals surface area contributed by atoms with Crippen LogP contribution in [0.15, 0.2) is 23.1 Å². The third kappa shape index (κ3) is 6.63. The highest BCUT2D eigenvalue weighted by molar-refractivity contribution is 7.93. The van der Waals surface area contributed by atoms with Crippen LogP contribution in [-0.4, -0.2) is 68.4 Å². The molecule has 0 saturated carbocycles. The summed E-state index contributed by atoms with van der Waals surface area (Å²) in [6.07, 6.45) is -6.89. The van der Waals surface area contributed by atoms with Crippen LogP contribution in [0.5, 0.6) is 11.6 Å². The molecule has 0 saturated heterocycles. The summed E-state index contributed by atoms with van der Waals surface area (Å²) < 4.78 is 90.9. The number of sulfonamides is 1. The lowest BCUT2D eigenvalue weighted by Crippen LogP contribution is -2.45. The van der Waals surface area contributed by atoms with Gasteiger partial charge in [-0.3, -0.25) is 19.1 Å². The summed E-state index contributed by atoms with van der Waals surface area (Å²) in [6.45, 7) is 6.17. The summed E-state index contributed by atoms with van der Waals surface area (Å²) in [7, 11) is -1.57.